The summed E-state index contributed by atoms with van der Waals surface area (Å²) < 4.78 is 0. The molecule has 0 bridgehead atoms. The second kappa shape index (κ2) is 13.7. The Morgan fingerprint density at radius 3 is 2.41 bits per heavy atom. The van der Waals surface area contributed by atoms with Gasteiger partial charge in [-0.2, -0.15) is 0 Å². The first-order chi connectivity index (χ1) is 13.8. The lowest BCUT2D eigenvalue weighted by Crippen LogP contribution is -2.49. The van der Waals surface area contributed by atoms with Gasteiger partial charge in [0, 0.05) is 17.1 Å². The fraction of sp³-hybridized carbons (Fsp3) is 0.739. The van der Waals surface area contributed by atoms with E-state index in [1.807, 2.05) is 19.9 Å². The largest absolute Gasteiger partial charge is 0.451 e. The fourth-order valence-electron chi connectivity index (χ4n) is 4.28. The lowest BCUT2D eigenvalue weighted by Gasteiger charge is -2.41. The second-order valence-electron chi connectivity index (χ2n) is 8.45. The van der Waals surface area contributed by atoms with Crippen LogP contribution in [-0.2, 0) is 13.0 Å². The van der Waals surface area contributed by atoms with Gasteiger partial charge in [0.05, 0.1) is 0 Å². The van der Waals surface area contributed by atoms with Gasteiger partial charge in [0.25, 0.3) is 0 Å². The van der Waals surface area contributed by atoms with Crippen molar-refractivity contribution in [2.24, 2.45) is 11.7 Å². The molecular weight excluding hydrogens is 383 g/mol. The fourth-order valence-corrected chi connectivity index (χ4v) is 4.47. The SMILES string of the molecule is CC.CCCc1cc(Cl)ccc1CN1CCC(C(C)(N)CCCCB(O)O)CC1. The Labute approximate surface area is 184 Å². The lowest BCUT2D eigenvalue weighted by molar-refractivity contribution is 0.125. The van der Waals surface area contributed by atoms with Crippen molar-refractivity contribution in [2.75, 3.05) is 13.1 Å². The third-order valence-electron chi connectivity index (χ3n) is 6.03. The number of nitrogens with zero attached hydrogens (tertiary/aromatic N) is 1. The highest BCUT2D eigenvalue weighted by molar-refractivity contribution is 6.40. The van der Waals surface area contributed by atoms with Crippen LogP contribution in [0.4, 0.5) is 0 Å². The summed E-state index contributed by atoms with van der Waals surface area (Å²) in [5.74, 6) is 0.535. The molecule has 1 aromatic rings. The molecule has 1 unspecified atom stereocenters. The molecule has 6 heteroatoms. The van der Waals surface area contributed by atoms with Crippen molar-refractivity contribution in [2.45, 2.75) is 91.0 Å². The summed E-state index contributed by atoms with van der Waals surface area (Å²) in [6.45, 7) is 11.5. The summed E-state index contributed by atoms with van der Waals surface area (Å²) in [4.78, 5) is 2.54. The van der Waals surface area contributed by atoms with Crippen molar-refractivity contribution < 1.29 is 10.0 Å². The van der Waals surface area contributed by atoms with Crippen molar-refractivity contribution >= 4 is 18.7 Å². The molecule has 0 aliphatic carbocycles. The number of halogens is 1. The van der Waals surface area contributed by atoms with Crippen molar-refractivity contribution in [1.29, 1.82) is 0 Å². The van der Waals surface area contributed by atoms with Crippen molar-refractivity contribution in [3.8, 4) is 0 Å². The number of rotatable bonds is 10. The van der Waals surface area contributed by atoms with Crippen LogP contribution in [-0.4, -0.2) is 40.7 Å². The van der Waals surface area contributed by atoms with Gasteiger partial charge >= 0.3 is 7.12 Å². The van der Waals surface area contributed by atoms with E-state index < -0.39 is 7.12 Å². The Kier molecular flexibility index (Phi) is 12.5. The van der Waals surface area contributed by atoms with E-state index in [9.17, 15) is 0 Å². The van der Waals surface area contributed by atoms with Crippen LogP contribution in [0, 0.1) is 5.92 Å². The normalized spacial score (nSPS) is 17.4. The zero-order valence-electron chi connectivity index (χ0n) is 19.0. The Bertz CT molecular complexity index is 576. The first kappa shape index (κ1) is 26.5. The quantitative estimate of drug-likeness (QED) is 0.369. The molecule has 0 saturated carbocycles. The van der Waals surface area contributed by atoms with E-state index in [1.54, 1.807) is 0 Å². The third kappa shape index (κ3) is 9.39. The van der Waals surface area contributed by atoms with Crippen LogP contribution in [0.2, 0.25) is 11.3 Å². The molecule has 0 amide bonds. The highest BCUT2D eigenvalue weighted by Gasteiger charge is 2.32. The maximum absolute atomic E-state index is 8.96. The predicted octanol–water partition coefficient (Wildman–Crippen LogP) is 4.89. The number of benzene rings is 1. The van der Waals surface area contributed by atoms with Crippen molar-refractivity contribution in [3.63, 3.8) is 0 Å². The molecule has 1 saturated heterocycles. The molecule has 1 aliphatic heterocycles. The van der Waals surface area contributed by atoms with Gasteiger partial charge in [0.15, 0.2) is 0 Å². The van der Waals surface area contributed by atoms with Gasteiger partial charge in [-0.25, -0.2) is 0 Å². The number of likely N-dealkylation sites (tertiary alicyclic amines) is 1. The van der Waals surface area contributed by atoms with Gasteiger partial charge in [0.2, 0.25) is 0 Å². The van der Waals surface area contributed by atoms with E-state index in [4.69, 9.17) is 27.4 Å². The summed E-state index contributed by atoms with van der Waals surface area (Å²) >= 11 is 6.18. The number of unbranched alkanes of at least 4 members (excludes halogenated alkanes) is 1. The summed E-state index contributed by atoms with van der Waals surface area (Å²) in [7, 11) is -1.19. The van der Waals surface area contributed by atoms with Crippen LogP contribution in [0.15, 0.2) is 18.2 Å². The van der Waals surface area contributed by atoms with Gasteiger partial charge < -0.3 is 15.8 Å². The van der Waals surface area contributed by atoms with E-state index >= 15 is 0 Å². The average molecular weight is 425 g/mol. The van der Waals surface area contributed by atoms with Gasteiger partial charge in [0.1, 0.15) is 0 Å². The molecule has 1 heterocycles. The minimum Gasteiger partial charge on any atom is -0.427 e. The zero-order chi connectivity index (χ0) is 21.9. The Hall–Kier alpha value is -0.585. The van der Waals surface area contributed by atoms with Crippen LogP contribution < -0.4 is 5.73 Å². The highest BCUT2D eigenvalue weighted by Crippen LogP contribution is 2.31. The van der Waals surface area contributed by atoms with E-state index in [1.165, 1.54) is 11.1 Å². The van der Waals surface area contributed by atoms with Gasteiger partial charge in [-0.05, 0) is 81.2 Å². The molecule has 0 spiro atoms. The van der Waals surface area contributed by atoms with Gasteiger partial charge in [-0.1, -0.05) is 57.7 Å². The van der Waals surface area contributed by atoms with E-state index in [0.29, 0.717) is 12.2 Å². The van der Waals surface area contributed by atoms with E-state index in [0.717, 1.165) is 69.6 Å². The van der Waals surface area contributed by atoms with Crippen molar-refractivity contribution in [3.05, 3.63) is 34.3 Å². The highest BCUT2D eigenvalue weighted by atomic mass is 35.5. The summed E-state index contributed by atoms with van der Waals surface area (Å²) in [5, 5.41) is 18.7. The van der Waals surface area contributed by atoms with E-state index in [2.05, 4.69) is 30.9 Å². The average Bonchev–Trinajstić information content (AvgIpc) is 2.69. The molecular formula is C23H42BClN2O2. The van der Waals surface area contributed by atoms with Crippen LogP contribution in [0.1, 0.15) is 77.3 Å². The minimum absolute atomic E-state index is 0.167. The molecule has 2 rings (SSSR count). The first-order valence-electron chi connectivity index (χ1n) is 11.5. The zero-order valence-corrected chi connectivity index (χ0v) is 19.7. The monoisotopic (exact) mass is 424 g/mol. The van der Waals surface area contributed by atoms with Gasteiger partial charge in [-0.15, -0.1) is 0 Å². The molecule has 1 fully saturated rings. The Balaban J connectivity index is 0.00000204. The Morgan fingerprint density at radius 2 is 1.83 bits per heavy atom. The lowest BCUT2D eigenvalue weighted by atomic mass is 9.75. The molecule has 0 radical (unpaired) electrons. The summed E-state index contributed by atoms with van der Waals surface area (Å²) in [6, 6.07) is 6.30. The number of aryl methyl sites for hydroxylation is 1. The molecule has 4 N–H and O–H groups in total. The van der Waals surface area contributed by atoms with Gasteiger partial charge in [-0.3, -0.25) is 4.90 Å². The van der Waals surface area contributed by atoms with Crippen molar-refractivity contribution in [1.82, 2.24) is 4.90 Å². The number of hydrogen-bond acceptors (Lipinski definition) is 4. The molecule has 1 aromatic carbocycles. The first-order valence-corrected chi connectivity index (χ1v) is 11.8. The third-order valence-corrected chi connectivity index (χ3v) is 6.26. The topological polar surface area (TPSA) is 69.7 Å². The van der Waals surface area contributed by atoms with Crippen LogP contribution in [0.5, 0.6) is 0 Å². The molecule has 1 aliphatic rings. The molecule has 1 atom stereocenters. The molecule has 4 nitrogen and oxygen atoms in total. The molecule has 29 heavy (non-hydrogen) atoms. The number of hydrogen-bond donors (Lipinski definition) is 3. The number of nitrogens with two attached hydrogens (primary N) is 1. The second-order valence-corrected chi connectivity index (χ2v) is 8.88. The standard InChI is InChI=1S/C21H36BClN2O2.C2H6/c1-3-6-17-15-20(23)8-7-18(17)16-25-13-9-19(10-14-25)21(2,24)11-4-5-12-22(26)27;1-2/h7-8,15,19,26-27H,3-6,9-14,16,24H2,1-2H3;1-2H3. The predicted molar refractivity (Wildman–Crippen MR) is 126 cm³/mol. The maximum atomic E-state index is 8.96. The number of piperidine rings is 1. The summed E-state index contributed by atoms with van der Waals surface area (Å²) in [6.07, 6.45) is 7.64. The maximum Gasteiger partial charge on any atom is 0.451 e. The van der Waals surface area contributed by atoms with Crippen LogP contribution in [0.25, 0.3) is 0 Å². The van der Waals surface area contributed by atoms with E-state index in [-0.39, 0.29) is 5.54 Å². The van der Waals surface area contributed by atoms with Crippen LogP contribution >= 0.6 is 11.6 Å². The Morgan fingerprint density at radius 1 is 1.17 bits per heavy atom. The summed E-state index contributed by atoms with van der Waals surface area (Å²) in [5.41, 5.74) is 9.24. The van der Waals surface area contributed by atoms with Crippen LogP contribution in [0.3, 0.4) is 0 Å². The minimum atomic E-state index is -1.19. The molecule has 166 valence electrons. The smallest absolute Gasteiger partial charge is 0.427 e. The molecule has 0 aromatic heterocycles.